The number of carbonyl (C=O) groups is 1. The van der Waals surface area contributed by atoms with E-state index in [4.69, 9.17) is 4.74 Å². The lowest BCUT2D eigenvalue weighted by Crippen LogP contribution is -2.27. The summed E-state index contributed by atoms with van der Waals surface area (Å²) in [5, 5.41) is 4.99. The topological polar surface area (TPSA) is 51.2 Å². The van der Waals surface area contributed by atoms with Crippen LogP contribution in [0.1, 0.15) is 17.7 Å². The Labute approximate surface area is 121 Å². The molecule has 4 nitrogen and oxygen atoms in total. The minimum Gasteiger partial charge on any atom is -0.368 e. The van der Waals surface area contributed by atoms with Crippen LogP contribution in [-0.4, -0.2) is 23.6 Å². The predicted molar refractivity (Wildman–Crippen MR) is 79.9 cm³/mol. The second-order valence-electron chi connectivity index (χ2n) is 4.84. The van der Waals surface area contributed by atoms with Gasteiger partial charge in [0.25, 0.3) is 5.91 Å². The van der Waals surface area contributed by atoms with E-state index in [1.165, 1.54) is 4.88 Å². The van der Waals surface area contributed by atoms with Gasteiger partial charge in [-0.1, -0.05) is 0 Å². The summed E-state index contributed by atoms with van der Waals surface area (Å²) in [6.45, 7) is 2.73. The smallest absolute Gasteiger partial charge is 0.253 e. The Hall–Kier alpha value is -1.72. The molecule has 1 amide bonds. The lowest BCUT2D eigenvalue weighted by Gasteiger charge is -2.12. The van der Waals surface area contributed by atoms with Crippen molar-refractivity contribution in [3.63, 3.8) is 0 Å². The van der Waals surface area contributed by atoms with E-state index in [0.29, 0.717) is 6.61 Å². The molecular formula is C15H16N2O2S. The molecule has 1 saturated heterocycles. The Bertz CT molecular complexity index is 618. The third-order valence-electron chi connectivity index (χ3n) is 3.29. The van der Waals surface area contributed by atoms with E-state index >= 15 is 0 Å². The first-order valence-electron chi connectivity index (χ1n) is 6.67. The molecule has 104 valence electrons. The average Bonchev–Trinajstić information content (AvgIpc) is 3.10. The SMILES string of the molecule is Cc1cc(-c2ncccc2NC(=O)C2CCCO2)cs1. The van der Waals surface area contributed by atoms with Crippen molar-refractivity contribution in [2.45, 2.75) is 25.9 Å². The Balaban J connectivity index is 1.84. The quantitative estimate of drug-likeness (QED) is 0.943. The number of pyridine rings is 1. The van der Waals surface area contributed by atoms with Crippen molar-refractivity contribution in [3.05, 3.63) is 34.7 Å². The van der Waals surface area contributed by atoms with Gasteiger partial charge in [-0.25, -0.2) is 0 Å². The first kappa shape index (κ1) is 13.3. The molecule has 0 aromatic carbocycles. The van der Waals surface area contributed by atoms with Gasteiger partial charge in [-0.2, -0.15) is 0 Å². The largest absolute Gasteiger partial charge is 0.368 e. The van der Waals surface area contributed by atoms with Gasteiger partial charge < -0.3 is 10.1 Å². The highest BCUT2D eigenvalue weighted by atomic mass is 32.1. The molecule has 0 saturated carbocycles. The van der Waals surface area contributed by atoms with Crippen molar-refractivity contribution < 1.29 is 9.53 Å². The van der Waals surface area contributed by atoms with Crippen LogP contribution in [-0.2, 0) is 9.53 Å². The minimum absolute atomic E-state index is 0.0799. The molecule has 1 unspecified atom stereocenters. The Kier molecular flexibility index (Phi) is 3.80. The predicted octanol–water partition coefficient (Wildman–Crippen LogP) is 3.24. The zero-order valence-corrected chi connectivity index (χ0v) is 12.1. The highest BCUT2D eigenvalue weighted by Crippen LogP contribution is 2.29. The molecule has 20 heavy (non-hydrogen) atoms. The molecule has 1 N–H and O–H groups in total. The fraction of sp³-hybridized carbons (Fsp3) is 0.333. The van der Waals surface area contributed by atoms with Crippen LogP contribution in [0.25, 0.3) is 11.3 Å². The number of nitrogens with zero attached hydrogens (tertiary/aromatic N) is 1. The molecule has 0 bridgehead atoms. The number of rotatable bonds is 3. The molecule has 3 heterocycles. The van der Waals surface area contributed by atoms with Crippen molar-refractivity contribution in [3.8, 4) is 11.3 Å². The molecule has 1 atom stereocenters. The van der Waals surface area contributed by atoms with Crippen LogP contribution in [0, 0.1) is 6.92 Å². The third kappa shape index (κ3) is 2.73. The number of aromatic nitrogens is 1. The van der Waals surface area contributed by atoms with Gasteiger partial charge in [0.15, 0.2) is 0 Å². The molecule has 2 aromatic heterocycles. The highest BCUT2D eigenvalue weighted by Gasteiger charge is 2.24. The number of ether oxygens (including phenoxy) is 1. The minimum atomic E-state index is -0.327. The summed E-state index contributed by atoms with van der Waals surface area (Å²) in [6, 6.07) is 5.78. The van der Waals surface area contributed by atoms with Gasteiger partial charge in [0.2, 0.25) is 0 Å². The average molecular weight is 288 g/mol. The summed E-state index contributed by atoms with van der Waals surface area (Å²) in [7, 11) is 0. The van der Waals surface area contributed by atoms with E-state index in [1.807, 2.05) is 12.1 Å². The number of hydrogen-bond acceptors (Lipinski definition) is 4. The number of carbonyl (C=O) groups excluding carboxylic acids is 1. The Morgan fingerprint density at radius 2 is 2.45 bits per heavy atom. The maximum Gasteiger partial charge on any atom is 0.253 e. The maximum atomic E-state index is 12.1. The molecule has 1 aliphatic rings. The molecule has 0 radical (unpaired) electrons. The molecule has 2 aromatic rings. The van der Waals surface area contributed by atoms with E-state index in [1.54, 1.807) is 17.5 Å². The summed E-state index contributed by atoms with van der Waals surface area (Å²) in [5.74, 6) is -0.0799. The second-order valence-corrected chi connectivity index (χ2v) is 5.95. The summed E-state index contributed by atoms with van der Waals surface area (Å²) in [4.78, 5) is 17.8. The Morgan fingerprint density at radius 3 is 3.15 bits per heavy atom. The van der Waals surface area contributed by atoms with E-state index in [0.717, 1.165) is 29.8 Å². The van der Waals surface area contributed by atoms with E-state index < -0.39 is 0 Å². The molecule has 5 heteroatoms. The molecule has 0 spiro atoms. The van der Waals surface area contributed by atoms with Crippen molar-refractivity contribution >= 4 is 22.9 Å². The normalized spacial score (nSPS) is 18.1. The zero-order valence-electron chi connectivity index (χ0n) is 11.3. The zero-order chi connectivity index (χ0) is 13.9. The van der Waals surface area contributed by atoms with E-state index in [-0.39, 0.29) is 12.0 Å². The third-order valence-corrected chi connectivity index (χ3v) is 4.15. The van der Waals surface area contributed by atoms with Crippen LogP contribution in [0.2, 0.25) is 0 Å². The van der Waals surface area contributed by atoms with Crippen LogP contribution < -0.4 is 5.32 Å². The molecule has 1 aliphatic heterocycles. The van der Waals surface area contributed by atoms with Gasteiger partial charge in [-0.05, 0) is 38.0 Å². The number of thiophene rings is 1. The van der Waals surface area contributed by atoms with Crippen molar-refractivity contribution in [1.29, 1.82) is 0 Å². The van der Waals surface area contributed by atoms with Crippen LogP contribution in [0.4, 0.5) is 5.69 Å². The standard InChI is InChI=1S/C15H16N2O2S/c1-10-8-11(9-20-10)14-12(4-2-6-16-14)17-15(18)13-5-3-7-19-13/h2,4,6,8-9,13H,3,5,7H2,1H3,(H,17,18). The van der Waals surface area contributed by atoms with Gasteiger partial charge in [0.05, 0.1) is 11.4 Å². The highest BCUT2D eigenvalue weighted by molar-refractivity contribution is 7.10. The van der Waals surface area contributed by atoms with Crippen LogP contribution in [0.5, 0.6) is 0 Å². The van der Waals surface area contributed by atoms with Gasteiger partial charge in [-0.3, -0.25) is 9.78 Å². The molecule has 3 rings (SSSR count). The van der Waals surface area contributed by atoms with Crippen LogP contribution in [0.15, 0.2) is 29.8 Å². The number of nitrogens with one attached hydrogen (secondary N) is 1. The number of amides is 1. The van der Waals surface area contributed by atoms with Gasteiger partial charge in [0.1, 0.15) is 6.10 Å². The summed E-state index contributed by atoms with van der Waals surface area (Å²) in [6.07, 6.45) is 3.15. The first-order valence-corrected chi connectivity index (χ1v) is 7.55. The lowest BCUT2D eigenvalue weighted by atomic mass is 10.1. The summed E-state index contributed by atoms with van der Waals surface area (Å²) >= 11 is 1.67. The van der Waals surface area contributed by atoms with Crippen LogP contribution in [0.3, 0.4) is 0 Å². The molecule has 1 fully saturated rings. The fourth-order valence-corrected chi connectivity index (χ4v) is 2.99. The Morgan fingerprint density at radius 1 is 1.55 bits per heavy atom. The molecule has 0 aliphatic carbocycles. The molecular weight excluding hydrogens is 272 g/mol. The van der Waals surface area contributed by atoms with Gasteiger partial charge in [0, 0.05) is 28.6 Å². The van der Waals surface area contributed by atoms with Crippen molar-refractivity contribution in [1.82, 2.24) is 4.98 Å². The number of anilines is 1. The van der Waals surface area contributed by atoms with Gasteiger partial charge >= 0.3 is 0 Å². The van der Waals surface area contributed by atoms with Crippen molar-refractivity contribution in [2.24, 2.45) is 0 Å². The van der Waals surface area contributed by atoms with Crippen LogP contribution >= 0.6 is 11.3 Å². The number of hydrogen-bond donors (Lipinski definition) is 1. The summed E-state index contributed by atoms with van der Waals surface area (Å²) < 4.78 is 5.41. The second kappa shape index (κ2) is 5.73. The monoisotopic (exact) mass is 288 g/mol. The van der Waals surface area contributed by atoms with Gasteiger partial charge in [-0.15, -0.1) is 11.3 Å². The maximum absolute atomic E-state index is 12.1. The first-order chi connectivity index (χ1) is 9.74. The lowest BCUT2D eigenvalue weighted by molar-refractivity contribution is -0.124. The summed E-state index contributed by atoms with van der Waals surface area (Å²) in [5.41, 5.74) is 2.59. The van der Waals surface area contributed by atoms with Crippen molar-refractivity contribution in [2.75, 3.05) is 11.9 Å². The number of aryl methyl sites for hydroxylation is 1. The van der Waals surface area contributed by atoms with E-state index in [2.05, 4.69) is 28.7 Å². The van der Waals surface area contributed by atoms with E-state index in [9.17, 15) is 4.79 Å². The fourth-order valence-electron chi connectivity index (χ4n) is 2.30.